The van der Waals surface area contributed by atoms with Crippen molar-refractivity contribution in [3.05, 3.63) is 39.2 Å². The van der Waals surface area contributed by atoms with Crippen molar-refractivity contribution in [2.75, 3.05) is 18.0 Å². The van der Waals surface area contributed by atoms with Crippen molar-refractivity contribution in [2.45, 2.75) is 6.04 Å². The molecule has 1 aromatic rings. The van der Waals surface area contributed by atoms with Gasteiger partial charge in [0.05, 0.1) is 12.6 Å². The highest BCUT2D eigenvalue weighted by molar-refractivity contribution is 9.10. The Labute approximate surface area is 107 Å². The van der Waals surface area contributed by atoms with Crippen LogP contribution in [0.5, 0.6) is 0 Å². The zero-order valence-corrected chi connectivity index (χ0v) is 10.6. The molecule has 0 fully saturated rings. The van der Waals surface area contributed by atoms with Crippen LogP contribution in [0.3, 0.4) is 0 Å². The van der Waals surface area contributed by atoms with Gasteiger partial charge in [0.1, 0.15) is 0 Å². The van der Waals surface area contributed by atoms with E-state index in [1.807, 2.05) is 29.2 Å². The first kappa shape index (κ1) is 11.8. The maximum Gasteiger partial charge on any atom is 0.196 e. The number of anilines is 1. The lowest BCUT2D eigenvalue weighted by molar-refractivity contribution is 0.715. The van der Waals surface area contributed by atoms with Crippen molar-refractivity contribution in [3.63, 3.8) is 0 Å². The molecular formula is C10H11BrN6. The summed E-state index contributed by atoms with van der Waals surface area (Å²) in [5, 5.41) is 3.58. The van der Waals surface area contributed by atoms with Crippen LogP contribution in [0.4, 0.5) is 5.69 Å². The first-order valence-electron chi connectivity index (χ1n) is 5.08. The molecule has 2 N–H and O–H groups in total. The number of hydrogen-bond acceptors (Lipinski definition) is 4. The van der Waals surface area contributed by atoms with Crippen LogP contribution in [0.25, 0.3) is 10.4 Å². The summed E-state index contributed by atoms with van der Waals surface area (Å²) in [6.07, 6.45) is 0. The number of hydrogen-bond donors (Lipinski definition) is 1. The van der Waals surface area contributed by atoms with E-state index in [-0.39, 0.29) is 6.04 Å². The van der Waals surface area contributed by atoms with Crippen LogP contribution >= 0.6 is 15.9 Å². The molecule has 7 heteroatoms. The SMILES string of the molecule is [N-]=[N+]=NCC1CN=C(N)N1c1cccc(Br)c1. The van der Waals surface area contributed by atoms with Gasteiger partial charge in [-0.3, -0.25) is 4.99 Å². The molecular weight excluding hydrogens is 284 g/mol. The molecule has 6 nitrogen and oxygen atoms in total. The molecule has 0 aliphatic carbocycles. The molecule has 17 heavy (non-hydrogen) atoms. The average molecular weight is 295 g/mol. The van der Waals surface area contributed by atoms with Gasteiger partial charge < -0.3 is 10.6 Å². The third-order valence-corrected chi connectivity index (χ3v) is 3.01. The molecule has 2 rings (SSSR count). The van der Waals surface area contributed by atoms with Gasteiger partial charge in [-0.15, -0.1) is 0 Å². The number of guanidine groups is 1. The second-order valence-corrected chi connectivity index (χ2v) is 4.53. The Hall–Kier alpha value is -1.72. The number of azide groups is 1. The quantitative estimate of drug-likeness (QED) is 0.526. The zero-order valence-electron chi connectivity index (χ0n) is 8.99. The number of benzene rings is 1. The maximum absolute atomic E-state index is 8.36. The van der Waals surface area contributed by atoms with Gasteiger partial charge in [-0.1, -0.05) is 27.1 Å². The lowest BCUT2D eigenvalue weighted by Crippen LogP contribution is -2.42. The molecule has 1 atom stereocenters. The van der Waals surface area contributed by atoms with Gasteiger partial charge in [0.2, 0.25) is 0 Å². The third-order valence-electron chi connectivity index (χ3n) is 2.52. The van der Waals surface area contributed by atoms with E-state index in [2.05, 4.69) is 30.9 Å². The summed E-state index contributed by atoms with van der Waals surface area (Å²) in [5.74, 6) is 0.459. The number of nitrogens with zero attached hydrogens (tertiary/aromatic N) is 5. The molecule has 0 spiro atoms. The fraction of sp³-hybridized carbons (Fsp3) is 0.300. The van der Waals surface area contributed by atoms with Crippen molar-refractivity contribution < 1.29 is 0 Å². The summed E-state index contributed by atoms with van der Waals surface area (Å²) in [5.41, 5.74) is 15.1. The number of nitrogens with two attached hydrogens (primary N) is 1. The summed E-state index contributed by atoms with van der Waals surface area (Å²) < 4.78 is 0.970. The second-order valence-electron chi connectivity index (χ2n) is 3.62. The number of aliphatic imine (C=N–C) groups is 1. The molecule has 1 aliphatic rings. The van der Waals surface area contributed by atoms with Crippen molar-refractivity contribution in [1.29, 1.82) is 0 Å². The summed E-state index contributed by atoms with van der Waals surface area (Å²) in [6, 6.07) is 7.77. The van der Waals surface area contributed by atoms with Crippen LogP contribution in [-0.4, -0.2) is 25.1 Å². The summed E-state index contributed by atoms with van der Waals surface area (Å²) in [7, 11) is 0. The highest BCUT2D eigenvalue weighted by atomic mass is 79.9. The van der Waals surface area contributed by atoms with Crippen LogP contribution in [0, 0.1) is 0 Å². The Bertz CT molecular complexity index is 493. The minimum absolute atomic E-state index is 0.000185. The van der Waals surface area contributed by atoms with E-state index in [0.717, 1.165) is 10.2 Å². The van der Waals surface area contributed by atoms with Gasteiger partial charge in [-0.25, -0.2) is 0 Å². The molecule has 1 heterocycles. The van der Waals surface area contributed by atoms with Crippen LogP contribution in [-0.2, 0) is 0 Å². The molecule has 1 unspecified atom stereocenters. The van der Waals surface area contributed by atoms with Crippen molar-refractivity contribution in [3.8, 4) is 0 Å². The van der Waals surface area contributed by atoms with Gasteiger partial charge in [-0.05, 0) is 23.7 Å². The third kappa shape index (κ3) is 2.51. The van der Waals surface area contributed by atoms with Crippen molar-refractivity contribution in [1.82, 2.24) is 0 Å². The fourth-order valence-corrected chi connectivity index (χ4v) is 2.17. The van der Waals surface area contributed by atoms with E-state index in [0.29, 0.717) is 19.0 Å². The highest BCUT2D eigenvalue weighted by Crippen LogP contribution is 2.24. The van der Waals surface area contributed by atoms with Gasteiger partial charge >= 0.3 is 0 Å². The van der Waals surface area contributed by atoms with E-state index in [9.17, 15) is 0 Å². The molecule has 0 saturated carbocycles. The van der Waals surface area contributed by atoms with E-state index >= 15 is 0 Å². The largest absolute Gasteiger partial charge is 0.370 e. The topological polar surface area (TPSA) is 90.4 Å². The first-order valence-corrected chi connectivity index (χ1v) is 5.87. The Morgan fingerprint density at radius 1 is 1.65 bits per heavy atom. The Morgan fingerprint density at radius 2 is 2.47 bits per heavy atom. The summed E-state index contributed by atoms with van der Waals surface area (Å²) in [6.45, 7) is 0.907. The van der Waals surface area contributed by atoms with E-state index in [4.69, 9.17) is 11.3 Å². The van der Waals surface area contributed by atoms with Crippen LogP contribution in [0.2, 0.25) is 0 Å². The van der Waals surface area contributed by atoms with Gasteiger partial charge in [0.25, 0.3) is 0 Å². The molecule has 0 amide bonds. The van der Waals surface area contributed by atoms with Crippen molar-refractivity contribution >= 4 is 27.6 Å². The second kappa shape index (κ2) is 5.07. The minimum atomic E-state index is 0.000185. The standard InChI is InChI=1S/C10H11BrN6/c11-7-2-1-3-8(4-7)17-9(6-15-16-13)5-14-10(17)12/h1-4,9H,5-6H2,(H2,12,14). The van der Waals surface area contributed by atoms with Crippen LogP contribution < -0.4 is 10.6 Å². The first-order chi connectivity index (χ1) is 8.22. The van der Waals surface area contributed by atoms with Crippen LogP contribution in [0.1, 0.15) is 0 Å². The van der Waals surface area contributed by atoms with Crippen molar-refractivity contribution in [2.24, 2.45) is 15.8 Å². The minimum Gasteiger partial charge on any atom is -0.370 e. The van der Waals surface area contributed by atoms with Gasteiger partial charge in [0, 0.05) is 21.6 Å². The molecule has 0 aromatic heterocycles. The van der Waals surface area contributed by atoms with E-state index in [1.54, 1.807) is 0 Å². The Kier molecular flexibility index (Phi) is 3.51. The zero-order chi connectivity index (χ0) is 12.3. The summed E-state index contributed by atoms with van der Waals surface area (Å²) >= 11 is 3.41. The van der Waals surface area contributed by atoms with E-state index in [1.165, 1.54) is 0 Å². The van der Waals surface area contributed by atoms with Gasteiger partial charge in [0.15, 0.2) is 5.96 Å². The predicted octanol–water partition coefficient (Wildman–Crippen LogP) is 2.26. The molecule has 0 bridgehead atoms. The Balaban J connectivity index is 2.27. The smallest absolute Gasteiger partial charge is 0.196 e. The highest BCUT2D eigenvalue weighted by Gasteiger charge is 2.26. The molecule has 88 valence electrons. The lowest BCUT2D eigenvalue weighted by Gasteiger charge is -2.25. The van der Waals surface area contributed by atoms with E-state index < -0.39 is 0 Å². The van der Waals surface area contributed by atoms with Crippen LogP contribution in [0.15, 0.2) is 38.8 Å². The summed E-state index contributed by atoms with van der Waals surface area (Å²) in [4.78, 5) is 8.84. The number of halogens is 1. The molecule has 1 aliphatic heterocycles. The monoisotopic (exact) mass is 294 g/mol. The predicted molar refractivity (Wildman–Crippen MR) is 70.9 cm³/mol. The Morgan fingerprint density at radius 3 is 3.18 bits per heavy atom. The normalized spacial score (nSPS) is 18.8. The van der Waals surface area contributed by atoms with Gasteiger partial charge in [-0.2, -0.15) is 0 Å². The fourth-order valence-electron chi connectivity index (χ4n) is 1.78. The lowest BCUT2D eigenvalue weighted by atomic mass is 10.2. The molecule has 0 radical (unpaired) electrons. The molecule has 0 saturated heterocycles. The average Bonchev–Trinajstić information content (AvgIpc) is 2.68. The number of rotatable bonds is 3. The maximum atomic E-state index is 8.36. The molecule has 1 aromatic carbocycles.